The van der Waals surface area contributed by atoms with Gasteiger partial charge in [-0.2, -0.15) is 0 Å². The maximum Gasteiger partial charge on any atom is 0.335 e. The molecule has 2 aromatic rings. The topological polar surface area (TPSA) is 58.6 Å². The van der Waals surface area contributed by atoms with E-state index in [4.69, 9.17) is 9.84 Å². The van der Waals surface area contributed by atoms with Gasteiger partial charge in [-0.05, 0) is 37.6 Å². The van der Waals surface area contributed by atoms with Gasteiger partial charge in [-0.3, -0.25) is 0 Å². The van der Waals surface area contributed by atoms with Crippen LogP contribution in [0.1, 0.15) is 47.8 Å². The van der Waals surface area contributed by atoms with E-state index in [1.165, 1.54) is 0 Å². The van der Waals surface area contributed by atoms with Crippen molar-refractivity contribution in [3.8, 4) is 5.75 Å². The van der Waals surface area contributed by atoms with Crippen LogP contribution in [0, 0.1) is 0 Å². The highest BCUT2D eigenvalue weighted by Crippen LogP contribution is 2.39. The molecule has 0 radical (unpaired) electrons. The van der Waals surface area contributed by atoms with Crippen molar-refractivity contribution >= 4 is 5.97 Å². The molecule has 0 saturated carbocycles. The summed E-state index contributed by atoms with van der Waals surface area (Å²) in [5.41, 5.74) is 2.21. The van der Waals surface area contributed by atoms with Gasteiger partial charge in [0.1, 0.15) is 11.4 Å². The fraction of sp³-hybridized carbons (Fsp3) is 0.316. The second kappa shape index (κ2) is 6.05. The number of hydrogen-bond acceptors (Lipinski definition) is 3. The van der Waals surface area contributed by atoms with Gasteiger partial charge in [0.2, 0.25) is 0 Å². The van der Waals surface area contributed by atoms with Crippen molar-refractivity contribution in [2.24, 2.45) is 0 Å². The molecule has 1 aliphatic rings. The first-order chi connectivity index (χ1) is 10.9. The molecule has 0 bridgehead atoms. The Labute approximate surface area is 136 Å². The Morgan fingerprint density at radius 3 is 2.83 bits per heavy atom. The van der Waals surface area contributed by atoms with Gasteiger partial charge in [-0.25, -0.2) is 4.79 Å². The number of aromatic carboxylic acids is 1. The van der Waals surface area contributed by atoms with Crippen molar-refractivity contribution in [3.05, 3.63) is 65.2 Å². The van der Waals surface area contributed by atoms with Crippen LogP contribution >= 0.6 is 0 Å². The largest absolute Gasteiger partial charge is 0.487 e. The maximum absolute atomic E-state index is 11.1. The Kier molecular flexibility index (Phi) is 4.09. The first kappa shape index (κ1) is 15.6. The van der Waals surface area contributed by atoms with E-state index in [1.807, 2.05) is 24.3 Å². The van der Waals surface area contributed by atoms with E-state index in [0.717, 1.165) is 23.3 Å². The van der Waals surface area contributed by atoms with Gasteiger partial charge < -0.3 is 15.2 Å². The second-order valence-electron chi connectivity index (χ2n) is 6.54. The summed E-state index contributed by atoms with van der Waals surface area (Å²) in [6.45, 7) is 4.79. The molecular weight excluding hydrogens is 290 g/mol. The lowest BCUT2D eigenvalue weighted by Crippen LogP contribution is -2.39. The highest BCUT2D eigenvalue weighted by atomic mass is 16.5. The van der Waals surface area contributed by atoms with E-state index in [-0.39, 0.29) is 11.6 Å². The third kappa shape index (κ3) is 3.54. The van der Waals surface area contributed by atoms with Gasteiger partial charge in [0.25, 0.3) is 0 Å². The number of ether oxygens (including phenoxy) is 1. The monoisotopic (exact) mass is 311 g/mol. The van der Waals surface area contributed by atoms with Crippen molar-refractivity contribution in [2.75, 3.05) is 0 Å². The molecule has 1 heterocycles. The van der Waals surface area contributed by atoms with E-state index in [2.05, 4.69) is 25.2 Å². The van der Waals surface area contributed by atoms with Crippen LogP contribution in [0.4, 0.5) is 0 Å². The molecule has 0 aromatic heterocycles. The number of hydrogen-bond donors (Lipinski definition) is 2. The van der Waals surface area contributed by atoms with Crippen LogP contribution < -0.4 is 10.1 Å². The van der Waals surface area contributed by atoms with Gasteiger partial charge >= 0.3 is 5.97 Å². The molecule has 1 atom stereocenters. The summed E-state index contributed by atoms with van der Waals surface area (Å²) < 4.78 is 6.03. The molecule has 4 nitrogen and oxygen atoms in total. The fourth-order valence-electron chi connectivity index (χ4n) is 3.04. The smallest absolute Gasteiger partial charge is 0.335 e. The highest BCUT2D eigenvalue weighted by molar-refractivity contribution is 5.87. The first-order valence-electron chi connectivity index (χ1n) is 7.78. The van der Waals surface area contributed by atoms with Crippen LogP contribution in [0.2, 0.25) is 0 Å². The Hall–Kier alpha value is -2.33. The minimum absolute atomic E-state index is 0.184. The Morgan fingerprint density at radius 1 is 1.26 bits per heavy atom. The highest BCUT2D eigenvalue weighted by Gasteiger charge is 2.33. The van der Waals surface area contributed by atoms with Crippen LogP contribution in [-0.4, -0.2) is 16.7 Å². The Bertz CT molecular complexity index is 724. The minimum atomic E-state index is -0.899. The molecule has 0 saturated heterocycles. The summed E-state index contributed by atoms with van der Waals surface area (Å²) >= 11 is 0. The van der Waals surface area contributed by atoms with Crippen LogP contribution in [0.3, 0.4) is 0 Å². The summed E-state index contributed by atoms with van der Waals surface area (Å²) in [4.78, 5) is 11.1. The molecule has 0 aliphatic carbocycles. The van der Waals surface area contributed by atoms with Gasteiger partial charge in [0, 0.05) is 24.6 Å². The Morgan fingerprint density at radius 2 is 2.04 bits per heavy atom. The normalized spacial score (nSPS) is 18.8. The molecule has 23 heavy (non-hydrogen) atoms. The van der Waals surface area contributed by atoms with E-state index in [9.17, 15) is 4.79 Å². The van der Waals surface area contributed by atoms with E-state index < -0.39 is 5.97 Å². The number of nitrogens with one attached hydrogen (secondary N) is 1. The zero-order valence-corrected chi connectivity index (χ0v) is 13.4. The van der Waals surface area contributed by atoms with Crippen LogP contribution in [0.25, 0.3) is 0 Å². The maximum atomic E-state index is 11.1. The summed E-state index contributed by atoms with van der Waals surface area (Å²) in [5.74, 6) is 0.0185. The average Bonchev–Trinajstić information content (AvgIpc) is 2.52. The van der Waals surface area contributed by atoms with Crippen molar-refractivity contribution < 1.29 is 14.6 Å². The SMILES string of the molecule is CC1(C)CC(NCc2cccc(C(=O)O)c2)c2ccccc2O1. The number of para-hydroxylation sites is 1. The van der Waals surface area contributed by atoms with E-state index >= 15 is 0 Å². The zero-order chi connectivity index (χ0) is 16.4. The van der Waals surface area contributed by atoms with E-state index in [1.54, 1.807) is 18.2 Å². The third-order valence-electron chi connectivity index (χ3n) is 4.10. The first-order valence-corrected chi connectivity index (χ1v) is 7.78. The lowest BCUT2D eigenvalue weighted by atomic mass is 9.89. The predicted molar refractivity (Wildman–Crippen MR) is 88.7 cm³/mol. The average molecular weight is 311 g/mol. The van der Waals surface area contributed by atoms with Gasteiger partial charge in [0.15, 0.2) is 0 Å². The van der Waals surface area contributed by atoms with Crippen LogP contribution in [-0.2, 0) is 6.54 Å². The lowest BCUT2D eigenvalue weighted by molar-refractivity contribution is 0.0657. The zero-order valence-electron chi connectivity index (χ0n) is 13.4. The molecular formula is C19H21NO3. The number of fused-ring (bicyclic) bond motifs is 1. The molecule has 0 spiro atoms. The van der Waals surface area contributed by atoms with Gasteiger partial charge in [0.05, 0.1) is 5.56 Å². The fourth-order valence-corrected chi connectivity index (χ4v) is 3.04. The number of carboxylic acid groups (broad SMARTS) is 1. The molecule has 0 amide bonds. The van der Waals surface area contributed by atoms with E-state index in [0.29, 0.717) is 12.1 Å². The third-order valence-corrected chi connectivity index (χ3v) is 4.10. The molecule has 1 aliphatic heterocycles. The summed E-state index contributed by atoms with van der Waals surface area (Å²) in [7, 11) is 0. The number of rotatable bonds is 4. The van der Waals surface area contributed by atoms with Crippen molar-refractivity contribution in [2.45, 2.75) is 38.5 Å². The lowest BCUT2D eigenvalue weighted by Gasteiger charge is -2.38. The molecule has 1 unspecified atom stereocenters. The minimum Gasteiger partial charge on any atom is -0.487 e. The quantitative estimate of drug-likeness (QED) is 0.902. The number of carbonyl (C=O) groups is 1. The molecule has 2 N–H and O–H groups in total. The van der Waals surface area contributed by atoms with Gasteiger partial charge in [-0.1, -0.05) is 30.3 Å². The molecule has 120 valence electrons. The summed E-state index contributed by atoms with van der Waals surface area (Å²) in [5, 5.41) is 12.6. The van der Waals surface area contributed by atoms with Gasteiger partial charge in [-0.15, -0.1) is 0 Å². The van der Waals surface area contributed by atoms with Crippen LogP contribution in [0.5, 0.6) is 5.75 Å². The van der Waals surface area contributed by atoms with Crippen molar-refractivity contribution in [1.29, 1.82) is 0 Å². The summed E-state index contributed by atoms with van der Waals surface area (Å²) in [6, 6.07) is 15.3. The van der Waals surface area contributed by atoms with Crippen LogP contribution in [0.15, 0.2) is 48.5 Å². The number of benzene rings is 2. The predicted octanol–water partition coefficient (Wildman–Crippen LogP) is 3.78. The summed E-state index contributed by atoms with van der Waals surface area (Å²) in [6.07, 6.45) is 0.864. The Balaban J connectivity index is 1.78. The van der Waals surface area contributed by atoms with Crippen molar-refractivity contribution in [1.82, 2.24) is 5.32 Å². The molecule has 3 rings (SSSR count). The van der Waals surface area contributed by atoms with Crippen molar-refractivity contribution in [3.63, 3.8) is 0 Å². The molecule has 2 aromatic carbocycles. The standard InChI is InChI=1S/C19H21NO3/c1-19(2)11-16(15-8-3-4-9-17(15)23-19)20-12-13-6-5-7-14(10-13)18(21)22/h3-10,16,20H,11-12H2,1-2H3,(H,21,22). The molecule has 0 fully saturated rings. The second-order valence-corrected chi connectivity index (χ2v) is 6.54. The molecule has 4 heteroatoms. The number of carboxylic acids is 1.